The molecule has 0 aromatic carbocycles. The maximum atomic E-state index is 11.3. The third kappa shape index (κ3) is 4.13. The third-order valence-electron chi connectivity index (χ3n) is 2.37. The molecular formula is C8H19ClN2O2S. The molecule has 0 bridgehead atoms. The molecule has 1 rings (SSSR count). The van der Waals surface area contributed by atoms with Crippen molar-refractivity contribution in [1.29, 1.82) is 0 Å². The van der Waals surface area contributed by atoms with Crippen LogP contribution in [0.3, 0.4) is 0 Å². The van der Waals surface area contributed by atoms with Crippen molar-refractivity contribution in [2.24, 2.45) is 0 Å². The van der Waals surface area contributed by atoms with Crippen molar-refractivity contribution in [2.45, 2.75) is 38.3 Å². The second-order valence-corrected chi connectivity index (χ2v) is 5.46. The molecule has 2 N–H and O–H groups in total. The maximum absolute atomic E-state index is 11.3. The van der Waals surface area contributed by atoms with Crippen molar-refractivity contribution < 1.29 is 8.42 Å². The Labute approximate surface area is 92.3 Å². The summed E-state index contributed by atoms with van der Waals surface area (Å²) in [6.07, 6.45) is 2.51. The van der Waals surface area contributed by atoms with Crippen LogP contribution in [0.25, 0.3) is 0 Å². The Morgan fingerprint density at radius 2 is 1.86 bits per heavy atom. The van der Waals surface area contributed by atoms with E-state index in [1.165, 1.54) is 0 Å². The van der Waals surface area contributed by atoms with Gasteiger partial charge in [-0.15, -0.1) is 12.4 Å². The van der Waals surface area contributed by atoms with E-state index in [0.717, 1.165) is 12.8 Å². The smallest absolute Gasteiger partial charge is 0.211 e. The fourth-order valence-electron chi connectivity index (χ4n) is 1.53. The predicted molar refractivity (Wildman–Crippen MR) is 60.3 cm³/mol. The van der Waals surface area contributed by atoms with Gasteiger partial charge in [0.1, 0.15) is 0 Å². The number of hydrogen-bond acceptors (Lipinski definition) is 3. The van der Waals surface area contributed by atoms with Gasteiger partial charge in [0, 0.05) is 12.1 Å². The highest BCUT2D eigenvalue weighted by Crippen LogP contribution is 2.20. The van der Waals surface area contributed by atoms with Gasteiger partial charge in [0.25, 0.3) is 0 Å². The largest absolute Gasteiger partial charge is 0.317 e. The molecule has 1 aliphatic rings. The Kier molecular flexibility index (Phi) is 5.97. The molecule has 0 aromatic rings. The molecule has 1 aliphatic carbocycles. The van der Waals surface area contributed by atoms with Gasteiger partial charge in [-0.2, -0.15) is 0 Å². The van der Waals surface area contributed by atoms with E-state index in [9.17, 15) is 8.42 Å². The molecule has 0 atom stereocenters. The van der Waals surface area contributed by atoms with Crippen LogP contribution in [-0.4, -0.2) is 33.3 Å². The second-order valence-electron chi connectivity index (χ2n) is 3.59. The number of nitrogens with one attached hydrogen (secondary N) is 2. The first kappa shape index (κ1) is 14.2. The monoisotopic (exact) mass is 242 g/mol. The van der Waals surface area contributed by atoms with E-state index in [4.69, 9.17) is 0 Å². The average molecular weight is 243 g/mol. The zero-order valence-corrected chi connectivity index (χ0v) is 10.2. The summed E-state index contributed by atoms with van der Waals surface area (Å²) in [6, 6.07) is 0.656. The van der Waals surface area contributed by atoms with Crippen LogP contribution in [0.1, 0.15) is 26.2 Å². The van der Waals surface area contributed by atoms with Crippen LogP contribution < -0.4 is 10.0 Å². The molecule has 0 spiro atoms. The van der Waals surface area contributed by atoms with Gasteiger partial charge in [0.05, 0.1) is 5.75 Å². The first-order valence-electron chi connectivity index (χ1n) is 4.74. The van der Waals surface area contributed by atoms with Crippen molar-refractivity contribution >= 4 is 22.4 Å². The van der Waals surface area contributed by atoms with E-state index >= 15 is 0 Å². The summed E-state index contributed by atoms with van der Waals surface area (Å²) >= 11 is 0. The Bertz CT molecular complexity index is 250. The quantitative estimate of drug-likeness (QED) is 0.738. The zero-order chi connectivity index (χ0) is 9.90. The van der Waals surface area contributed by atoms with E-state index in [0.29, 0.717) is 12.5 Å². The lowest BCUT2D eigenvalue weighted by molar-refractivity contribution is 0.289. The summed E-state index contributed by atoms with van der Waals surface area (Å²) in [5.74, 6) is 0.244. The molecule has 6 heteroatoms. The Hall–Kier alpha value is 0.160. The first-order valence-corrected chi connectivity index (χ1v) is 6.40. The van der Waals surface area contributed by atoms with Gasteiger partial charge in [-0.25, -0.2) is 13.1 Å². The predicted octanol–water partition coefficient (Wildman–Crippen LogP) is 0.488. The van der Waals surface area contributed by atoms with Crippen molar-refractivity contribution in [3.63, 3.8) is 0 Å². The third-order valence-corrected chi connectivity index (χ3v) is 4.00. The summed E-state index contributed by atoms with van der Waals surface area (Å²) in [5, 5.41) is 3.11. The second kappa shape index (κ2) is 5.90. The van der Waals surface area contributed by atoms with E-state index < -0.39 is 10.0 Å². The minimum Gasteiger partial charge on any atom is -0.317 e. The summed E-state index contributed by atoms with van der Waals surface area (Å²) in [4.78, 5) is 0. The molecule has 1 saturated carbocycles. The summed E-state index contributed by atoms with van der Waals surface area (Å²) in [5.41, 5.74) is 0. The molecule has 0 radical (unpaired) electrons. The molecule has 4 nitrogen and oxygen atoms in total. The molecule has 86 valence electrons. The topological polar surface area (TPSA) is 58.2 Å². The van der Waals surface area contributed by atoms with Crippen LogP contribution >= 0.6 is 12.4 Å². The fourth-order valence-corrected chi connectivity index (χ4v) is 2.89. The first-order chi connectivity index (χ1) is 6.07. The van der Waals surface area contributed by atoms with Gasteiger partial charge in [-0.05, 0) is 26.3 Å². The van der Waals surface area contributed by atoms with Crippen molar-refractivity contribution in [3.05, 3.63) is 0 Å². The minimum absolute atomic E-state index is 0. The average Bonchev–Trinajstić information content (AvgIpc) is 1.95. The standard InChI is InChI=1S/C8H18N2O2S.ClH/c1-3-4-13(11,12)10-8-5-7(6-8)9-2;/h7-10H,3-6H2,1-2H3;1H. The lowest BCUT2D eigenvalue weighted by Gasteiger charge is -2.35. The lowest BCUT2D eigenvalue weighted by atomic mass is 9.88. The molecule has 14 heavy (non-hydrogen) atoms. The van der Waals surface area contributed by atoms with Gasteiger partial charge in [-0.1, -0.05) is 6.92 Å². The van der Waals surface area contributed by atoms with Gasteiger partial charge in [0.15, 0.2) is 0 Å². The minimum atomic E-state index is -3.00. The molecular weight excluding hydrogens is 224 g/mol. The van der Waals surface area contributed by atoms with Gasteiger partial charge in [0.2, 0.25) is 10.0 Å². The maximum Gasteiger partial charge on any atom is 0.211 e. The van der Waals surface area contributed by atoms with Crippen molar-refractivity contribution in [1.82, 2.24) is 10.0 Å². The molecule has 0 aromatic heterocycles. The van der Waals surface area contributed by atoms with E-state index in [-0.39, 0.29) is 24.2 Å². The molecule has 0 heterocycles. The van der Waals surface area contributed by atoms with E-state index in [1.807, 2.05) is 14.0 Å². The highest BCUT2D eigenvalue weighted by molar-refractivity contribution is 7.89. The van der Waals surface area contributed by atoms with Gasteiger partial charge in [-0.3, -0.25) is 0 Å². The summed E-state index contributed by atoms with van der Waals surface area (Å²) in [7, 11) is -1.10. The molecule has 0 aliphatic heterocycles. The zero-order valence-electron chi connectivity index (χ0n) is 8.62. The van der Waals surface area contributed by atoms with Crippen molar-refractivity contribution in [2.75, 3.05) is 12.8 Å². The normalized spacial score (nSPS) is 26.4. The van der Waals surface area contributed by atoms with E-state index in [2.05, 4.69) is 10.0 Å². The van der Waals surface area contributed by atoms with Gasteiger partial charge >= 0.3 is 0 Å². The molecule has 0 amide bonds. The highest BCUT2D eigenvalue weighted by Gasteiger charge is 2.30. The Morgan fingerprint density at radius 1 is 1.29 bits per heavy atom. The van der Waals surface area contributed by atoms with Gasteiger partial charge < -0.3 is 5.32 Å². The molecule has 0 saturated heterocycles. The van der Waals surface area contributed by atoms with E-state index in [1.54, 1.807) is 0 Å². The van der Waals surface area contributed by atoms with Crippen molar-refractivity contribution in [3.8, 4) is 0 Å². The molecule has 1 fully saturated rings. The fraction of sp³-hybridized carbons (Fsp3) is 1.00. The summed E-state index contributed by atoms with van der Waals surface area (Å²) in [6.45, 7) is 1.87. The van der Waals surface area contributed by atoms with Crippen LogP contribution in [0.2, 0.25) is 0 Å². The SMILES string of the molecule is CCCS(=O)(=O)NC1CC(NC)C1.Cl. The highest BCUT2D eigenvalue weighted by atomic mass is 35.5. The lowest BCUT2D eigenvalue weighted by Crippen LogP contribution is -2.51. The summed E-state index contributed by atoms with van der Waals surface area (Å²) < 4.78 is 25.3. The van der Waals surface area contributed by atoms with Crippen LogP contribution in [0.4, 0.5) is 0 Å². The number of halogens is 1. The molecule has 0 unspecified atom stereocenters. The van der Waals surface area contributed by atoms with Crippen LogP contribution in [-0.2, 0) is 10.0 Å². The van der Waals surface area contributed by atoms with Crippen LogP contribution in [0.15, 0.2) is 0 Å². The van der Waals surface area contributed by atoms with Crippen LogP contribution in [0.5, 0.6) is 0 Å². The number of hydrogen-bond donors (Lipinski definition) is 2. The number of sulfonamides is 1. The Morgan fingerprint density at radius 3 is 2.29 bits per heavy atom. The number of rotatable bonds is 5. The van der Waals surface area contributed by atoms with Crippen LogP contribution in [0, 0.1) is 0 Å². The Balaban J connectivity index is 0.00000169.